The van der Waals surface area contributed by atoms with Crippen molar-refractivity contribution in [2.24, 2.45) is 0 Å². The quantitative estimate of drug-likeness (QED) is 0.293. The van der Waals surface area contributed by atoms with E-state index >= 15 is 0 Å². The number of benzene rings is 3. The molecule has 1 unspecified atom stereocenters. The number of carbonyl (C=O) groups is 1. The fourth-order valence-electron chi connectivity index (χ4n) is 3.25. The summed E-state index contributed by atoms with van der Waals surface area (Å²) in [6.07, 6.45) is -9.55. The zero-order valence-corrected chi connectivity index (χ0v) is 19.1. The Labute approximate surface area is 206 Å². The van der Waals surface area contributed by atoms with Crippen molar-refractivity contribution in [2.75, 3.05) is 0 Å². The average molecular weight is 528 g/mol. The lowest BCUT2D eigenvalue weighted by Crippen LogP contribution is -2.40. The third-order valence-corrected chi connectivity index (χ3v) is 5.33. The molecule has 0 saturated heterocycles. The van der Waals surface area contributed by atoms with Crippen molar-refractivity contribution in [3.05, 3.63) is 88.4 Å². The number of ether oxygens (including phenoxy) is 2. The van der Waals surface area contributed by atoms with Crippen molar-refractivity contribution in [1.82, 2.24) is 0 Å². The number of halogens is 7. The Morgan fingerprint density at radius 3 is 2.03 bits per heavy atom. The van der Waals surface area contributed by atoms with Gasteiger partial charge in [0.15, 0.2) is 5.78 Å². The van der Waals surface area contributed by atoms with Crippen LogP contribution in [0.4, 0.5) is 26.3 Å². The highest BCUT2D eigenvalue weighted by Gasteiger charge is 2.44. The normalized spacial score (nSPS) is 13.4. The number of nitrogens with zero attached hydrogens (tertiary/aromatic N) is 1. The fraction of sp³-hybridized carbons (Fsp3) is 0.200. The predicted octanol–water partition coefficient (Wildman–Crippen LogP) is 7.95. The van der Waals surface area contributed by atoms with Gasteiger partial charge in [-0.3, -0.25) is 4.79 Å². The molecule has 0 aromatic heterocycles. The minimum Gasteiger partial charge on any atom is -0.461 e. The Morgan fingerprint density at radius 1 is 0.861 bits per heavy atom. The van der Waals surface area contributed by atoms with Gasteiger partial charge in [0.25, 0.3) is 5.60 Å². The number of carbonyl (C=O) groups excluding carboxylic acids is 1. The molecule has 3 aromatic rings. The van der Waals surface area contributed by atoms with Gasteiger partial charge in [-0.2, -0.15) is 31.6 Å². The molecule has 0 fully saturated rings. The molecule has 3 rings (SSSR count). The van der Waals surface area contributed by atoms with Gasteiger partial charge < -0.3 is 9.47 Å². The third kappa shape index (κ3) is 5.74. The molecule has 0 heterocycles. The van der Waals surface area contributed by atoms with E-state index in [0.717, 1.165) is 24.3 Å². The molecule has 36 heavy (non-hydrogen) atoms. The third-order valence-electron chi connectivity index (χ3n) is 5.03. The first kappa shape index (κ1) is 26.9. The summed E-state index contributed by atoms with van der Waals surface area (Å²) in [6, 6.07) is 13.2. The summed E-state index contributed by atoms with van der Waals surface area (Å²) in [4.78, 5) is 12.8. The number of rotatable bonds is 7. The smallest absolute Gasteiger partial charge is 0.416 e. The monoisotopic (exact) mass is 527 g/mol. The predicted molar refractivity (Wildman–Crippen MR) is 118 cm³/mol. The van der Waals surface area contributed by atoms with E-state index in [1.807, 2.05) is 0 Å². The molecule has 0 aliphatic carbocycles. The number of hydrogen-bond acceptors (Lipinski definition) is 4. The summed E-state index contributed by atoms with van der Waals surface area (Å²) < 4.78 is 89.6. The van der Waals surface area contributed by atoms with E-state index in [1.165, 1.54) is 37.3 Å². The first-order valence-corrected chi connectivity index (χ1v) is 10.6. The maximum Gasteiger partial charge on any atom is 0.416 e. The fourth-order valence-corrected chi connectivity index (χ4v) is 3.47. The molecule has 0 aliphatic rings. The molecule has 0 radical (unpaired) electrons. The molecule has 3 aromatic carbocycles. The summed E-state index contributed by atoms with van der Waals surface area (Å²) in [5.41, 5.74) is -4.76. The van der Waals surface area contributed by atoms with Gasteiger partial charge >= 0.3 is 12.4 Å². The highest BCUT2D eigenvalue weighted by molar-refractivity contribution is 6.32. The van der Waals surface area contributed by atoms with Crippen LogP contribution >= 0.6 is 11.6 Å². The van der Waals surface area contributed by atoms with Crippen LogP contribution in [0.3, 0.4) is 0 Å². The van der Waals surface area contributed by atoms with Gasteiger partial charge in [0.05, 0.1) is 16.1 Å². The van der Waals surface area contributed by atoms with Crippen LogP contribution in [-0.4, -0.2) is 5.78 Å². The molecule has 0 spiro atoms. The van der Waals surface area contributed by atoms with Gasteiger partial charge in [0.2, 0.25) is 0 Å². The summed E-state index contributed by atoms with van der Waals surface area (Å²) >= 11 is 5.91. The van der Waals surface area contributed by atoms with Gasteiger partial charge in [-0.25, -0.2) is 0 Å². The Balaban J connectivity index is 1.98. The molecule has 0 aliphatic heterocycles. The van der Waals surface area contributed by atoms with Gasteiger partial charge in [-0.15, -0.1) is 0 Å². The van der Waals surface area contributed by atoms with Crippen molar-refractivity contribution >= 4 is 17.4 Å². The molecule has 0 bridgehead atoms. The summed E-state index contributed by atoms with van der Waals surface area (Å²) in [5, 5.41) is 9.58. The molecular weight excluding hydrogens is 512 g/mol. The first-order chi connectivity index (χ1) is 16.8. The second-order valence-corrected chi connectivity index (χ2v) is 7.88. The Kier molecular flexibility index (Phi) is 7.55. The second kappa shape index (κ2) is 10.1. The Morgan fingerprint density at radius 2 is 1.44 bits per heavy atom. The number of nitriles is 1. The topological polar surface area (TPSA) is 59.3 Å². The Bertz CT molecular complexity index is 1320. The maximum atomic E-state index is 13.3. The van der Waals surface area contributed by atoms with Crippen LogP contribution in [0, 0.1) is 11.3 Å². The standard InChI is InChI=1S/C25H16ClF6NO3/c1-2-22(34)23(14-33,15-5-3-6-16(11-15)24(27,28)29)36-19-8-4-7-18(13-19)35-21-10-9-17(12-20(21)26)25(30,31)32/h3-13H,2H2,1H3. The van der Waals surface area contributed by atoms with E-state index in [1.54, 1.807) is 6.07 Å². The lowest BCUT2D eigenvalue weighted by atomic mass is 9.88. The Hall–Kier alpha value is -3.71. The van der Waals surface area contributed by atoms with Crippen molar-refractivity contribution in [3.63, 3.8) is 0 Å². The maximum absolute atomic E-state index is 13.3. The molecule has 188 valence electrons. The van der Waals surface area contributed by atoms with Crippen LogP contribution in [0.25, 0.3) is 0 Å². The van der Waals surface area contributed by atoms with E-state index in [4.69, 9.17) is 21.1 Å². The van der Waals surface area contributed by atoms with E-state index in [-0.39, 0.29) is 34.3 Å². The molecule has 0 N–H and O–H groups in total. The number of Topliss-reactive ketones (excluding diaryl/α,β-unsaturated/α-hetero) is 1. The van der Waals surface area contributed by atoms with Crippen LogP contribution in [0.5, 0.6) is 17.2 Å². The lowest BCUT2D eigenvalue weighted by molar-refractivity contribution is -0.138. The van der Waals surface area contributed by atoms with E-state index in [2.05, 4.69) is 0 Å². The SMILES string of the molecule is CCC(=O)C(C#N)(Oc1cccc(Oc2ccc(C(F)(F)F)cc2Cl)c1)c1cccc(C(F)(F)F)c1. The molecule has 1 atom stereocenters. The molecule has 4 nitrogen and oxygen atoms in total. The van der Waals surface area contributed by atoms with Crippen LogP contribution in [0.15, 0.2) is 66.7 Å². The first-order valence-electron chi connectivity index (χ1n) is 10.3. The van der Waals surface area contributed by atoms with Gasteiger partial charge in [0.1, 0.15) is 23.3 Å². The zero-order valence-electron chi connectivity index (χ0n) is 18.4. The van der Waals surface area contributed by atoms with Crippen molar-refractivity contribution in [2.45, 2.75) is 31.3 Å². The van der Waals surface area contributed by atoms with E-state index < -0.39 is 34.9 Å². The summed E-state index contributed by atoms with van der Waals surface area (Å²) in [5.74, 6) is -0.998. The summed E-state index contributed by atoms with van der Waals surface area (Å²) in [7, 11) is 0. The van der Waals surface area contributed by atoms with Gasteiger partial charge in [-0.05, 0) is 42.5 Å². The lowest BCUT2D eigenvalue weighted by Gasteiger charge is -2.27. The number of ketones is 1. The van der Waals surface area contributed by atoms with E-state index in [9.17, 15) is 36.4 Å². The van der Waals surface area contributed by atoms with Crippen molar-refractivity contribution in [3.8, 4) is 23.3 Å². The van der Waals surface area contributed by atoms with Crippen molar-refractivity contribution < 1.29 is 40.6 Å². The minimum absolute atomic E-state index is 0.0222. The molecular formula is C25H16ClF6NO3. The average Bonchev–Trinajstić information content (AvgIpc) is 2.82. The summed E-state index contributed by atoms with van der Waals surface area (Å²) in [6.45, 7) is 1.43. The highest BCUT2D eigenvalue weighted by Crippen LogP contribution is 2.39. The van der Waals surface area contributed by atoms with E-state index in [0.29, 0.717) is 12.1 Å². The minimum atomic E-state index is -4.72. The van der Waals surface area contributed by atoms with Crippen LogP contribution < -0.4 is 9.47 Å². The zero-order chi connectivity index (χ0) is 26.7. The van der Waals surface area contributed by atoms with Crippen LogP contribution in [0.1, 0.15) is 30.0 Å². The van der Waals surface area contributed by atoms with Crippen LogP contribution in [0.2, 0.25) is 5.02 Å². The molecule has 0 saturated carbocycles. The van der Waals surface area contributed by atoms with Gasteiger partial charge in [0, 0.05) is 18.1 Å². The van der Waals surface area contributed by atoms with Crippen molar-refractivity contribution in [1.29, 1.82) is 5.26 Å². The largest absolute Gasteiger partial charge is 0.461 e. The number of alkyl halides is 6. The van der Waals surface area contributed by atoms with Crippen LogP contribution in [-0.2, 0) is 22.7 Å². The molecule has 11 heteroatoms. The van der Waals surface area contributed by atoms with Gasteiger partial charge in [-0.1, -0.05) is 36.7 Å². The highest BCUT2D eigenvalue weighted by atomic mass is 35.5. The molecule has 0 amide bonds. The second-order valence-electron chi connectivity index (χ2n) is 7.47. The number of hydrogen-bond donors (Lipinski definition) is 0.